The lowest BCUT2D eigenvalue weighted by Crippen LogP contribution is -2.32. The maximum atomic E-state index is 12.4. The lowest BCUT2D eigenvalue weighted by Gasteiger charge is -2.25. The molecule has 126 valence electrons. The first-order valence-electron chi connectivity index (χ1n) is 7.85. The molecule has 2 aromatic heterocycles. The summed E-state index contributed by atoms with van der Waals surface area (Å²) in [7, 11) is 1.78. The molecule has 3 heterocycles. The van der Waals surface area contributed by atoms with Crippen molar-refractivity contribution in [1.29, 1.82) is 0 Å². The van der Waals surface area contributed by atoms with E-state index in [1.807, 2.05) is 0 Å². The Balaban J connectivity index is 1.77. The second-order valence-corrected chi connectivity index (χ2v) is 6.11. The Hall–Kier alpha value is -2.77. The number of aromatic nitrogens is 3. The molecule has 8 heteroatoms. The smallest absolute Gasteiger partial charge is 0.290 e. The van der Waals surface area contributed by atoms with Gasteiger partial charge in [0.15, 0.2) is 5.78 Å². The fraction of sp³-hybridized carbons (Fsp3) is 0.438. The van der Waals surface area contributed by atoms with Crippen LogP contribution >= 0.6 is 0 Å². The summed E-state index contributed by atoms with van der Waals surface area (Å²) < 4.78 is 1.61. The molecule has 1 aliphatic heterocycles. The molecule has 1 fully saturated rings. The molecule has 3 rings (SSSR count). The highest BCUT2D eigenvalue weighted by atomic mass is 16.6. The van der Waals surface area contributed by atoms with E-state index in [0.717, 1.165) is 19.4 Å². The van der Waals surface area contributed by atoms with E-state index in [-0.39, 0.29) is 17.5 Å². The predicted octanol–water partition coefficient (Wildman–Crippen LogP) is 2.27. The first kappa shape index (κ1) is 16.1. The van der Waals surface area contributed by atoms with Crippen molar-refractivity contribution >= 4 is 17.3 Å². The molecule has 0 spiro atoms. The average molecular weight is 329 g/mol. The number of ketones is 1. The molecular formula is C16H19N5O3. The Labute approximate surface area is 139 Å². The van der Waals surface area contributed by atoms with Gasteiger partial charge in [0.2, 0.25) is 0 Å². The van der Waals surface area contributed by atoms with Gasteiger partial charge in [-0.25, -0.2) is 4.98 Å². The molecular weight excluding hydrogens is 310 g/mol. The van der Waals surface area contributed by atoms with Gasteiger partial charge in [-0.05, 0) is 25.8 Å². The number of rotatable bonds is 5. The highest BCUT2D eigenvalue weighted by molar-refractivity contribution is 5.96. The topological polar surface area (TPSA) is 94.2 Å². The van der Waals surface area contributed by atoms with Gasteiger partial charge in [0.05, 0.1) is 16.7 Å². The molecule has 0 amide bonds. The number of nitrogens with zero attached hydrogens (tertiary/aromatic N) is 5. The van der Waals surface area contributed by atoms with Crippen LogP contribution in [0.1, 0.15) is 35.2 Å². The molecule has 0 radical (unpaired) electrons. The van der Waals surface area contributed by atoms with Crippen molar-refractivity contribution in [3.8, 4) is 0 Å². The largest absolute Gasteiger partial charge is 0.353 e. The normalized spacial score (nSPS) is 17.2. The third kappa shape index (κ3) is 3.12. The van der Waals surface area contributed by atoms with E-state index >= 15 is 0 Å². The SMILES string of the molecule is Cc1cc(N2CCC[C@@H]2CC(=O)c2cnn(C)c2)ncc1[N+](=O)[O-]. The summed E-state index contributed by atoms with van der Waals surface area (Å²) in [5.74, 6) is 0.748. The Morgan fingerprint density at radius 3 is 2.88 bits per heavy atom. The number of carbonyl (C=O) groups is 1. The third-order valence-electron chi connectivity index (χ3n) is 4.38. The summed E-state index contributed by atoms with van der Waals surface area (Å²) >= 11 is 0. The number of hydrogen-bond acceptors (Lipinski definition) is 6. The van der Waals surface area contributed by atoms with Crippen LogP contribution in [-0.4, -0.2) is 38.1 Å². The van der Waals surface area contributed by atoms with Crippen LogP contribution in [0.2, 0.25) is 0 Å². The second kappa shape index (κ2) is 6.38. The zero-order valence-corrected chi connectivity index (χ0v) is 13.7. The molecule has 0 aromatic carbocycles. The van der Waals surface area contributed by atoms with Gasteiger partial charge in [-0.1, -0.05) is 0 Å². The molecule has 2 aromatic rings. The maximum absolute atomic E-state index is 12.4. The summed E-state index contributed by atoms with van der Waals surface area (Å²) in [6.07, 6.45) is 6.87. The first-order valence-corrected chi connectivity index (χ1v) is 7.85. The summed E-state index contributed by atoms with van der Waals surface area (Å²) in [5.41, 5.74) is 1.20. The van der Waals surface area contributed by atoms with E-state index in [0.29, 0.717) is 23.4 Å². The Bertz CT molecular complexity index is 786. The van der Waals surface area contributed by atoms with Crippen molar-refractivity contribution in [2.45, 2.75) is 32.2 Å². The molecule has 0 aliphatic carbocycles. The van der Waals surface area contributed by atoms with Gasteiger partial charge in [0, 0.05) is 37.8 Å². The van der Waals surface area contributed by atoms with Crippen LogP contribution in [0, 0.1) is 17.0 Å². The van der Waals surface area contributed by atoms with E-state index < -0.39 is 4.92 Å². The van der Waals surface area contributed by atoms with Crippen LogP contribution in [0.25, 0.3) is 0 Å². The van der Waals surface area contributed by atoms with Crippen molar-refractivity contribution in [3.05, 3.63) is 45.9 Å². The minimum Gasteiger partial charge on any atom is -0.353 e. The monoisotopic (exact) mass is 329 g/mol. The van der Waals surface area contributed by atoms with Crippen LogP contribution in [0.3, 0.4) is 0 Å². The minimum atomic E-state index is -0.431. The number of hydrogen-bond donors (Lipinski definition) is 0. The van der Waals surface area contributed by atoms with Gasteiger partial charge in [-0.2, -0.15) is 5.10 Å². The lowest BCUT2D eigenvalue weighted by molar-refractivity contribution is -0.385. The van der Waals surface area contributed by atoms with E-state index in [9.17, 15) is 14.9 Å². The van der Waals surface area contributed by atoms with Crippen LogP contribution in [0.4, 0.5) is 11.5 Å². The van der Waals surface area contributed by atoms with E-state index in [1.54, 1.807) is 37.1 Å². The Kier molecular flexibility index (Phi) is 4.28. The molecule has 1 atom stereocenters. The molecule has 8 nitrogen and oxygen atoms in total. The van der Waals surface area contributed by atoms with Crippen molar-refractivity contribution in [3.63, 3.8) is 0 Å². The summed E-state index contributed by atoms with van der Waals surface area (Å²) in [5, 5.41) is 15.0. The quantitative estimate of drug-likeness (QED) is 0.474. The number of carbonyl (C=O) groups excluding carboxylic acids is 1. The minimum absolute atomic E-state index is 0.0148. The summed E-state index contributed by atoms with van der Waals surface area (Å²) in [6, 6.07) is 1.79. The fourth-order valence-electron chi connectivity index (χ4n) is 3.13. The number of Topliss-reactive ketones (excluding diaryl/α,β-unsaturated/α-hetero) is 1. The van der Waals surface area contributed by atoms with Crippen LogP contribution in [0.15, 0.2) is 24.7 Å². The maximum Gasteiger partial charge on any atom is 0.290 e. The molecule has 0 N–H and O–H groups in total. The van der Waals surface area contributed by atoms with Gasteiger partial charge >= 0.3 is 0 Å². The van der Waals surface area contributed by atoms with Crippen molar-refractivity contribution in [1.82, 2.24) is 14.8 Å². The second-order valence-electron chi connectivity index (χ2n) is 6.11. The Morgan fingerprint density at radius 1 is 1.46 bits per heavy atom. The number of pyridine rings is 1. The first-order chi connectivity index (χ1) is 11.5. The molecule has 0 unspecified atom stereocenters. The molecule has 0 bridgehead atoms. The number of aryl methyl sites for hydroxylation is 2. The van der Waals surface area contributed by atoms with Crippen molar-refractivity contribution in [2.24, 2.45) is 7.05 Å². The van der Waals surface area contributed by atoms with Gasteiger partial charge in [0.1, 0.15) is 12.0 Å². The number of anilines is 1. The average Bonchev–Trinajstić information content (AvgIpc) is 3.15. The van der Waals surface area contributed by atoms with Crippen molar-refractivity contribution < 1.29 is 9.72 Å². The molecule has 0 saturated carbocycles. The van der Waals surface area contributed by atoms with Crippen LogP contribution < -0.4 is 4.90 Å². The van der Waals surface area contributed by atoms with Gasteiger partial charge in [0.25, 0.3) is 5.69 Å². The molecule has 24 heavy (non-hydrogen) atoms. The predicted molar refractivity (Wildman–Crippen MR) is 88.2 cm³/mol. The van der Waals surface area contributed by atoms with Crippen LogP contribution in [-0.2, 0) is 7.05 Å². The molecule has 1 aliphatic rings. The number of nitro groups is 1. The van der Waals surface area contributed by atoms with Crippen molar-refractivity contribution in [2.75, 3.05) is 11.4 Å². The Morgan fingerprint density at radius 2 is 2.25 bits per heavy atom. The van der Waals surface area contributed by atoms with E-state index in [1.165, 1.54) is 6.20 Å². The lowest BCUT2D eigenvalue weighted by atomic mass is 10.0. The third-order valence-corrected chi connectivity index (χ3v) is 4.38. The fourth-order valence-corrected chi connectivity index (χ4v) is 3.13. The van der Waals surface area contributed by atoms with Crippen LogP contribution in [0.5, 0.6) is 0 Å². The highest BCUT2D eigenvalue weighted by Gasteiger charge is 2.29. The van der Waals surface area contributed by atoms with E-state index in [4.69, 9.17) is 0 Å². The summed E-state index contributed by atoms with van der Waals surface area (Å²) in [6.45, 7) is 2.50. The summed E-state index contributed by atoms with van der Waals surface area (Å²) in [4.78, 5) is 29.2. The molecule has 1 saturated heterocycles. The standard InChI is InChI=1S/C16H19N5O3/c1-11-6-16(17-9-14(11)21(23)24)20-5-3-4-13(20)7-15(22)12-8-18-19(2)10-12/h6,8-10,13H,3-5,7H2,1-2H3/t13-/m1/s1. The van der Waals surface area contributed by atoms with E-state index in [2.05, 4.69) is 15.0 Å². The highest BCUT2D eigenvalue weighted by Crippen LogP contribution is 2.29. The van der Waals surface area contributed by atoms with Gasteiger partial charge in [-0.15, -0.1) is 0 Å². The van der Waals surface area contributed by atoms with Gasteiger partial charge < -0.3 is 4.90 Å². The zero-order chi connectivity index (χ0) is 17.3. The zero-order valence-electron chi connectivity index (χ0n) is 13.7. The van der Waals surface area contributed by atoms with Gasteiger partial charge in [-0.3, -0.25) is 19.6 Å².